The van der Waals surface area contributed by atoms with E-state index in [2.05, 4.69) is 24.0 Å². The van der Waals surface area contributed by atoms with Gasteiger partial charge >= 0.3 is 0 Å². The second-order valence-corrected chi connectivity index (χ2v) is 9.43. The number of rotatable bonds is 4. The maximum absolute atomic E-state index is 13.2. The lowest BCUT2D eigenvalue weighted by Crippen LogP contribution is -2.50. The van der Waals surface area contributed by atoms with Gasteiger partial charge < -0.3 is 19.4 Å². The molecule has 0 aliphatic carbocycles. The lowest BCUT2D eigenvalue weighted by Gasteiger charge is -2.39. The fourth-order valence-corrected chi connectivity index (χ4v) is 5.11. The Labute approximate surface area is 202 Å². The van der Waals surface area contributed by atoms with Crippen LogP contribution in [0.15, 0.2) is 36.4 Å². The first-order valence-corrected chi connectivity index (χ1v) is 12.4. The van der Waals surface area contributed by atoms with E-state index < -0.39 is 0 Å². The van der Waals surface area contributed by atoms with Crippen LogP contribution in [-0.4, -0.2) is 96.8 Å². The molecule has 4 rings (SSSR count). The highest BCUT2D eigenvalue weighted by molar-refractivity contribution is 5.79. The molecule has 0 N–H and O–H groups in total. The van der Waals surface area contributed by atoms with Crippen molar-refractivity contribution >= 4 is 18.2 Å². The number of fused-ring (bicyclic) bond motifs is 3. The molecule has 3 aliphatic heterocycles. The van der Waals surface area contributed by atoms with E-state index in [4.69, 9.17) is 4.74 Å². The van der Waals surface area contributed by atoms with Crippen LogP contribution in [0.4, 0.5) is 0 Å². The minimum atomic E-state index is 0.118. The first kappa shape index (κ1) is 24.3. The molecule has 2 bridgehead atoms. The van der Waals surface area contributed by atoms with Crippen molar-refractivity contribution in [2.45, 2.75) is 26.3 Å². The molecule has 184 valence electrons. The van der Waals surface area contributed by atoms with Crippen LogP contribution >= 0.6 is 0 Å². The number of piperidine rings is 1. The van der Waals surface area contributed by atoms with E-state index in [1.807, 2.05) is 34.1 Å². The lowest BCUT2D eigenvalue weighted by atomic mass is 9.82. The SMILES string of the molecule is CCN1CC(=O)N2CC[C@@H](CC(=O)N3CCN(C=O)CC3)[C@@H](C=CCOc3ccccc3C1)C2. The van der Waals surface area contributed by atoms with Crippen molar-refractivity contribution in [1.82, 2.24) is 19.6 Å². The number of ether oxygens (including phenoxy) is 1. The summed E-state index contributed by atoms with van der Waals surface area (Å²) >= 11 is 0. The van der Waals surface area contributed by atoms with Crippen LogP contribution in [0.2, 0.25) is 0 Å². The van der Waals surface area contributed by atoms with Crippen molar-refractivity contribution in [2.24, 2.45) is 11.8 Å². The number of benzene rings is 1. The first-order chi connectivity index (χ1) is 16.6. The van der Waals surface area contributed by atoms with Crippen molar-refractivity contribution in [3.63, 3.8) is 0 Å². The number of nitrogens with zero attached hydrogens (tertiary/aromatic N) is 4. The summed E-state index contributed by atoms with van der Waals surface area (Å²) in [6.45, 7) is 8.07. The minimum absolute atomic E-state index is 0.118. The van der Waals surface area contributed by atoms with Crippen molar-refractivity contribution in [2.75, 3.05) is 59.0 Å². The minimum Gasteiger partial charge on any atom is -0.489 e. The van der Waals surface area contributed by atoms with Crippen LogP contribution < -0.4 is 4.74 Å². The van der Waals surface area contributed by atoms with Crippen LogP contribution in [0.5, 0.6) is 5.75 Å². The largest absolute Gasteiger partial charge is 0.489 e. The number of para-hydroxylation sites is 1. The molecule has 34 heavy (non-hydrogen) atoms. The standard InChI is InChI=1S/C26H36N4O4/c1-2-27-17-23-6-3-4-8-24(23)34-15-5-7-22-18-30(26(33)19-27)10-9-21(22)16-25(32)29-13-11-28(20-31)12-14-29/h3-8,20-22H,2,9-19H2,1H3/t21-,22-/m0/s1. The van der Waals surface area contributed by atoms with E-state index in [1.165, 1.54) is 0 Å². The predicted molar refractivity (Wildman–Crippen MR) is 129 cm³/mol. The third kappa shape index (κ3) is 5.97. The third-order valence-corrected chi connectivity index (χ3v) is 7.30. The molecule has 3 heterocycles. The summed E-state index contributed by atoms with van der Waals surface area (Å²) in [6, 6.07) is 8.01. The molecule has 8 heteroatoms. The van der Waals surface area contributed by atoms with Crippen LogP contribution in [0.1, 0.15) is 25.3 Å². The van der Waals surface area contributed by atoms with Gasteiger partial charge in [-0.2, -0.15) is 0 Å². The zero-order chi connectivity index (χ0) is 23.9. The zero-order valence-electron chi connectivity index (χ0n) is 20.1. The Morgan fingerprint density at radius 3 is 2.68 bits per heavy atom. The van der Waals surface area contributed by atoms with Gasteiger partial charge in [-0.1, -0.05) is 37.3 Å². The van der Waals surface area contributed by atoms with Gasteiger partial charge in [-0.15, -0.1) is 0 Å². The number of carbonyl (C=O) groups is 3. The molecule has 8 nitrogen and oxygen atoms in total. The van der Waals surface area contributed by atoms with E-state index in [0.717, 1.165) is 30.7 Å². The van der Waals surface area contributed by atoms with Crippen molar-refractivity contribution in [3.05, 3.63) is 42.0 Å². The maximum Gasteiger partial charge on any atom is 0.236 e. The molecule has 2 fully saturated rings. The quantitative estimate of drug-likeness (QED) is 0.496. The number of piperazine rings is 1. The first-order valence-electron chi connectivity index (χ1n) is 12.4. The molecule has 1 aromatic carbocycles. The Morgan fingerprint density at radius 1 is 1.12 bits per heavy atom. The molecule has 2 atom stereocenters. The lowest BCUT2D eigenvalue weighted by molar-refractivity contribution is -0.138. The Balaban J connectivity index is 1.46. The molecule has 0 spiro atoms. The second-order valence-electron chi connectivity index (χ2n) is 9.43. The number of likely N-dealkylation sites (N-methyl/N-ethyl adjacent to an activating group) is 1. The van der Waals surface area contributed by atoms with Gasteiger partial charge in [-0.25, -0.2) is 0 Å². The van der Waals surface area contributed by atoms with Gasteiger partial charge in [0, 0.05) is 57.8 Å². The van der Waals surface area contributed by atoms with E-state index in [9.17, 15) is 14.4 Å². The summed E-state index contributed by atoms with van der Waals surface area (Å²) in [6.07, 6.45) is 6.31. The summed E-state index contributed by atoms with van der Waals surface area (Å²) in [5, 5.41) is 0. The molecule has 0 radical (unpaired) electrons. The molecular formula is C26H36N4O4. The zero-order valence-corrected chi connectivity index (χ0v) is 20.1. The fourth-order valence-electron chi connectivity index (χ4n) is 5.11. The van der Waals surface area contributed by atoms with Crippen LogP contribution in [0, 0.1) is 11.8 Å². The number of amides is 3. The second kappa shape index (κ2) is 11.5. The van der Waals surface area contributed by atoms with Gasteiger partial charge in [0.2, 0.25) is 18.2 Å². The molecular weight excluding hydrogens is 432 g/mol. The van der Waals surface area contributed by atoms with Crippen molar-refractivity contribution in [3.8, 4) is 5.75 Å². The highest BCUT2D eigenvalue weighted by Gasteiger charge is 2.33. The highest BCUT2D eigenvalue weighted by atomic mass is 16.5. The van der Waals surface area contributed by atoms with Crippen molar-refractivity contribution < 1.29 is 19.1 Å². The summed E-state index contributed by atoms with van der Waals surface area (Å²) in [4.78, 5) is 44.8. The van der Waals surface area contributed by atoms with Crippen molar-refractivity contribution in [1.29, 1.82) is 0 Å². The number of hydrogen-bond acceptors (Lipinski definition) is 5. The van der Waals surface area contributed by atoms with Crippen LogP contribution in [-0.2, 0) is 20.9 Å². The summed E-state index contributed by atoms with van der Waals surface area (Å²) in [7, 11) is 0. The van der Waals surface area contributed by atoms with Gasteiger partial charge in [0.25, 0.3) is 0 Å². The summed E-state index contributed by atoms with van der Waals surface area (Å²) in [5.74, 6) is 1.45. The van der Waals surface area contributed by atoms with Gasteiger partial charge in [0.05, 0.1) is 6.54 Å². The molecule has 0 aromatic heterocycles. The molecule has 3 aliphatic rings. The smallest absolute Gasteiger partial charge is 0.236 e. The summed E-state index contributed by atoms with van der Waals surface area (Å²) in [5.41, 5.74) is 1.08. The topological polar surface area (TPSA) is 73.4 Å². The number of hydrogen-bond donors (Lipinski definition) is 0. The molecule has 0 saturated carbocycles. The summed E-state index contributed by atoms with van der Waals surface area (Å²) < 4.78 is 6.07. The van der Waals surface area contributed by atoms with Gasteiger partial charge in [-0.05, 0) is 30.9 Å². The van der Waals surface area contributed by atoms with E-state index in [1.54, 1.807) is 4.90 Å². The van der Waals surface area contributed by atoms with E-state index >= 15 is 0 Å². The number of carbonyl (C=O) groups excluding carboxylic acids is 3. The Hall–Kier alpha value is -2.87. The van der Waals surface area contributed by atoms with Gasteiger partial charge in [0.1, 0.15) is 12.4 Å². The predicted octanol–water partition coefficient (Wildman–Crippen LogP) is 1.61. The molecule has 0 unspecified atom stereocenters. The average Bonchev–Trinajstić information content (AvgIpc) is 2.88. The third-order valence-electron chi connectivity index (χ3n) is 7.30. The molecule has 2 saturated heterocycles. The maximum atomic E-state index is 13.2. The van der Waals surface area contributed by atoms with Gasteiger partial charge in [0.15, 0.2) is 0 Å². The normalized spacial score (nSPS) is 24.4. The van der Waals surface area contributed by atoms with Crippen LogP contribution in [0.3, 0.4) is 0 Å². The molecule has 1 aromatic rings. The average molecular weight is 469 g/mol. The Bertz CT molecular complexity index is 897. The van der Waals surface area contributed by atoms with Crippen LogP contribution in [0.25, 0.3) is 0 Å². The Kier molecular flexibility index (Phi) is 8.21. The van der Waals surface area contributed by atoms with Gasteiger partial charge in [-0.3, -0.25) is 19.3 Å². The highest BCUT2D eigenvalue weighted by Crippen LogP contribution is 2.29. The van der Waals surface area contributed by atoms with E-state index in [0.29, 0.717) is 65.4 Å². The molecule has 3 amide bonds. The fraction of sp³-hybridized carbons (Fsp3) is 0.577. The Morgan fingerprint density at radius 2 is 1.91 bits per heavy atom. The van der Waals surface area contributed by atoms with E-state index in [-0.39, 0.29) is 23.7 Å². The monoisotopic (exact) mass is 468 g/mol.